The molecule has 0 aliphatic heterocycles. The minimum Gasteiger partial charge on any atom is -0.393 e. The molecule has 0 radical (unpaired) electrons. The highest BCUT2D eigenvalue weighted by Gasteiger charge is 2.28. The van der Waals surface area contributed by atoms with Gasteiger partial charge in [0, 0.05) is 20.1 Å². The molecule has 2 N–H and O–H groups in total. The molecule has 1 amide bonds. The van der Waals surface area contributed by atoms with E-state index in [2.05, 4.69) is 15.5 Å². The predicted octanol–water partition coefficient (Wildman–Crippen LogP) is 0.433. The van der Waals surface area contributed by atoms with Gasteiger partial charge in [0.2, 0.25) is 0 Å². The molecule has 0 spiro atoms. The molecule has 1 aliphatic carbocycles. The van der Waals surface area contributed by atoms with Gasteiger partial charge in [0.15, 0.2) is 11.5 Å². The number of amides is 1. The van der Waals surface area contributed by atoms with Crippen molar-refractivity contribution < 1.29 is 9.90 Å². The highest BCUT2D eigenvalue weighted by atomic mass is 16.3. The van der Waals surface area contributed by atoms with Crippen LogP contribution in [-0.2, 0) is 0 Å². The highest BCUT2D eigenvalue weighted by Crippen LogP contribution is 2.28. The van der Waals surface area contributed by atoms with Crippen LogP contribution < -0.4 is 10.2 Å². The quantitative estimate of drug-likeness (QED) is 0.806. The van der Waals surface area contributed by atoms with Crippen LogP contribution in [0.15, 0.2) is 12.1 Å². The Morgan fingerprint density at radius 3 is 2.74 bits per heavy atom. The zero-order valence-corrected chi connectivity index (χ0v) is 11.3. The van der Waals surface area contributed by atoms with E-state index in [1.807, 2.05) is 18.9 Å². The summed E-state index contributed by atoms with van der Waals surface area (Å²) >= 11 is 0. The first-order chi connectivity index (χ1) is 9.10. The SMILES string of the molecule is CCNC(=O)c1ccc(N(C)CC2CC(O)C2)nn1. The summed E-state index contributed by atoms with van der Waals surface area (Å²) in [6, 6.07) is 3.48. The van der Waals surface area contributed by atoms with E-state index in [1.54, 1.807) is 12.1 Å². The molecule has 1 fully saturated rings. The van der Waals surface area contributed by atoms with E-state index in [9.17, 15) is 9.90 Å². The molecular weight excluding hydrogens is 244 g/mol. The van der Waals surface area contributed by atoms with Gasteiger partial charge in [0.25, 0.3) is 5.91 Å². The normalized spacial score (nSPS) is 21.6. The van der Waals surface area contributed by atoms with E-state index in [0.29, 0.717) is 18.2 Å². The van der Waals surface area contributed by atoms with Gasteiger partial charge in [0.05, 0.1) is 6.10 Å². The summed E-state index contributed by atoms with van der Waals surface area (Å²) in [5.41, 5.74) is 0.332. The van der Waals surface area contributed by atoms with E-state index in [1.165, 1.54) is 0 Å². The van der Waals surface area contributed by atoms with Crippen molar-refractivity contribution in [3.63, 3.8) is 0 Å². The Kier molecular flexibility index (Phi) is 4.31. The molecule has 104 valence electrons. The molecule has 0 unspecified atom stereocenters. The molecule has 6 heteroatoms. The van der Waals surface area contributed by atoms with Gasteiger partial charge in [-0.05, 0) is 37.8 Å². The van der Waals surface area contributed by atoms with Gasteiger partial charge < -0.3 is 15.3 Å². The third-order valence-corrected chi connectivity index (χ3v) is 3.35. The van der Waals surface area contributed by atoms with Gasteiger partial charge >= 0.3 is 0 Å². The molecule has 2 rings (SSSR count). The third-order valence-electron chi connectivity index (χ3n) is 3.35. The maximum atomic E-state index is 11.5. The van der Waals surface area contributed by atoms with Crippen LogP contribution in [0.2, 0.25) is 0 Å². The number of hydrogen-bond donors (Lipinski definition) is 2. The summed E-state index contributed by atoms with van der Waals surface area (Å²) in [5, 5.41) is 19.9. The molecule has 0 saturated heterocycles. The van der Waals surface area contributed by atoms with E-state index in [0.717, 1.165) is 25.2 Å². The minimum absolute atomic E-state index is 0.135. The molecule has 1 aliphatic rings. The summed E-state index contributed by atoms with van der Waals surface area (Å²) in [6.07, 6.45) is 1.58. The van der Waals surface area contributed by atoms with Crippen LogP contribution in [0.1, 0.15) is 30.3 Å². The largest absolute Gasteiger partial charge is 0.393 e. The summed E-state index contributed by atoms with van der Waals surface area (Å²) in [5.74, 6) is 1.06. The fourth-order valence-electron chi connectivity index (χ4n) is 2.23. The van der Waals surface area contributed by atoms with Gasteiger partial charge in [-0.2, -0.15) is 0 Å². The smallest absolute Gasteiger partial charge is 0.271 e. The molecule has 0 bridgehead atoms. The first-order valence-corrected chi connectivity index (χ1v) is 6.61. The number of carbonyl (C=O) groups excluding carboxylic acids is 1. The Morgan fingerprint density at radius 2 is 2.21 bits per heavy atom. The number of rotatable bonds is 5. The van der Waals surface area contributed by atoms with Crippen molar-refractivity contribution in [2.75, 3.05) is 25.0 Å². The van der Waals surface area contributed by atoms with Crippen LogP contribution in [-0.4, -0.2) is 47.5 Å². The van der Waals surface area contributed by atoms with Gasteiger partial charge in [-0.25, -0.2) is 0 Å². The van der Waals surface area contributed by atoms with Crippen molar-refractivity contribution in [2.24, 2.45) is 5.92 Å². The second kappa shape index (κ2) is 5.97. The third kappa shape index (κ3) is 3.41. The number of hydrogen-bond acceptors (Lipinski definition) is 5. The van der Waals surface area contributed by atoms with Crippen LogP contribution in [0.25, 0.3) is 0 Å². The second-order valence-electron chi connectivity index (χ2n) is 5.01. The van der Waals surface area contributed by atoms with Crippen molar-refractivity contribution in [2.45, 2.75) is 25.9 Å². The van der Waals surface area contributed by atoms with E-state index in [4.69, 9.17) is 0 Å². The number of aromatic nitrogens is 2. The van der Waals surface area contributed by atoms with Crippen molar-refractivity contribution in [3.8, 4) is 0 Å². The Morgan fingerprint density at radius 1 is 1.47 bits per heavy atom. The number of carbonyl (C=O) groups is 1. The number of aliphatic hydroxyl groups excluding tert-OH is 1. The van der Waals surface area contributed by atoms with Gasteiger partial charge in [-0.15, -0.1) is 10.2 Å². The zero-order chi connectivity index (χ0) is 13.8. The maximum Gasteiger partial charge on any atom is 0.271 e. The minimum atomic E-state index is -0.202. The highest BCUT2D eigenvalue weighted by molar-refractivity contribution is 5.92. The Hall–Kier alpha value is -1.69. The fraction of sp³-hybridized carbons (Fsp3) is 0.615. The lowest BCUT2D eigenvalue weighted by Crippen LogP contribution is -2.37. The van der Waals surface area contributed by atoms with Crippen molar-refractivity contribution in [3.05, 3.63) is 17.8 Å². The molecule has 6 nitrogen and oxygen atoms in total. The van der Waals surface area contributed by atoms with Gasteiger partial charge in [-0.1, -0.05) is 0 Å². The zero-order valence-electron chi connectivity index (χ0n) is 11.3. The molecule has 1 aromatic heterocycles. The number of nitrogens with one attached hydrogen (secondary N) is 1. The number of anilines is 1. The van der Waals surface area contributed by atoms with Crippen LogP contribution in [0, 0.1) is 5.92 Å². The standard InChI is InChI=1S/C13H20N4O2/c1-3-14-13(19)11-4-5-12(16-15-11)17(2)8-9-6-10(18)7-9/h4-5,9-10,18H,3,6-8H2,1-2H3,(H,14,19). The lowest BCUT2D eigenvalue weighted by atomic mass is 9.82. The molecule has 1 heterocycles. The Labute approximate surface area is 112 Å². The topological polar surface area (TPSA) is 78.4 Å². The fourth-order valence-corrected chi connectivity index (χ4v) is 2.23. The van der Waals surface area contributed by atoms with Crippen molar-refractivity contribution in [1.29, 1.82) is 0 Å². The van der Waals surface area contributed by atoms with Gasteiger partial charge in [0.1, 0.15) is 0 Å². The summed E-state index contributed by atoms with van der Waals surface area (Å²) < 4.78 is 0. The summed E-state index contributed by atoms with van der Waals surface area (Å²) in [7, 11) is 1.94. The molecule has 19 heavy (non-hydrogen) atoms. The first kappa shape index (κ1) is 13.7. The average Bonchev–Trinajstić information content (AvgIpc) is 2.37. The molecule has 0 atom stereocenters. The monoisotopic (exact) mass is 264 g/mol. The van der Waals surface area contributed by atoms with E-state index < -0.39 is 0 Å². The average molecular weight is 264 g/mol. The van der Waals surface area contributed by atoms with E-state index in [-0.39, 0.29) is 12.0 Å². The lowest BCUT2D eigenvalue weighted by Gasteiger charge is -2.34. The molecule has 1 aromatic rings. The molecule has 0 aromatic carbocycles. The van der Waals surface area contributed by atoms with Crippen LogP contribution >= 0.6 is 0 Å². The van der Waals surface area contributed by atoms with E-state index >= 15 is 0 Å². The Balaban J connectivity index is 1.92. The summed E-state index contributed by atoms with van der Waals surface area (Å²) in [4.78, 5) is 13.5. The molecular formula is C13H20N4O2. The van der Waals surface area contributed by atoms with Crippen LogP contribution in [0.3, 0.4) is 0 Å². The predicted molar refractivity (Wildman–Crippen MR) is 72.0 cm³/mol. The Bertz CT molecular complexity index is 429. The van der Waals surface area contributed by atoms with Crippen LogP contribution in [0.4, 0.5) is 5.82 Å². The number of nitrogens with zero attached hydrogens (tertiary/aromatic N) is 3. The molecule has 1 saturated carbocycles. The van der Waals surface area contributed by atoms with Crippen LogP contribution in [0.5, 0.6) is 0 Å². The van der Waals surface area contributed by atoms with Gasteiger partial charge in [-0.3, -0.25) is 4.79 Å². The van der Waals surface area contributed by atoms with Crippen molar-refractivity contribution >= 4 is 11.7 Å². The second-order valence-corrected chi connectivity index (χ2v) is 5.01. The lowest BCUT2D eigenvalue weighted by molar-refractivity contribution is 0.0464. The first-order valence-electron chi connectivity index (χ1n) is 6.61. The number of aliphatic hydroxyl groups is 1. The maximum absolute atomic E-state index is 11.5. The summed E-state index contributed by atoms with van der Waals surface area (Å²) in [6.45, 7) is 3.29. The van der Waals surface area contributed by atoms with Crippen molar-refractivity contribution in [1.82, 2.24) is 15.5 Å².